The molecule has 1 aromatic heterocycles. The average molecular weight is 490 g/mol. The fourth-order valence-electron chi connectivity index (χ4n) is 5.41. The van der Waals surface area contributed by atoms with E-state index >= 15 is 0 Å². The number of aryl methyl sites for hydroxylation is 2. The highest BCUT2D eigenvalue weighted by Crippen LogP contribution is 2.14. The molecule has 0 atom stereocenters. The third kappa shape index (κ3) is 18.2. The van der Waals surface area contributed by atoms with Crippen LogP contribution in [0, 0.1) is 0 Å². The highest BCUT2D eigenvalue weighted by molar-refractivity contribution is 4.84. The van der Waals surface area contributed by atoms with Gasteiger partial charge in [-0.15, -0.1) is 0 Å². The Labute approximate surface area is 221 Å². The second kappa shape index (κ2) is 24.9. The summed E-state index contributed by atoms with van der Waals surface area (Å²) in [4.78, 5) is 0. The van der Waals surface area contributed by atoms with E-state index in [4.69, 9.17) is 0 Å². The van der Waals surface area contributed by atoms with Gasteiger partial charge in [0, 0.05) is 6.42 Å². The average Bonchev–Trinajstić information content (AvgIpc) is 3.25. The summed E-state index contributed by atoms with van der Waals surface area (Å²) < 4.78 is 5.15. The van der Waals surface area contributed by atoms with Gasteiger partial charge in [0.2, 0.25) is 0 Å². The number of nitrogens with zero attached hydrogens (tertiary/aromatic N) is 2. The molecule has 0 aliphatic rings. The van der Waals surface area contributed by atoms with Crippen LogP contribution in [0.25, 0.3) is 0 Å². The molecular formula is C33H65N2+. The van der Waals surface area contributed by atoms with Crippen LogP contribution >= 0.6 is 0 Å². The zero-order valence-electron chi connectivity index (χ0n) is 24.6. The molecular weight excluding hydrogens is 424 g/mol. The van der Waals surface area contributed by atoms with E-state index < -0.39 is 0 Å². The first-order valence-electron chi connectivity index (χ1n) is 16.4. The van der Waals surface area contributed by atoms with Crippen LogP contribution in [-0.4, -0.2) is 4.57 Å². The zero-order chi connectivity index (χ0) is 25.2. The highest BCUT2D eigenvalue weighted by atomic mass is 15.1. The monoisotopic (exact) mass is 490 g/mol. The summed E-state index contributed by atoms with van der Waals surface area (Å²) in [5.41, 5.74) is 0. The lowest BCUT2D eigenvalue weighted by Crippen LogP contribution is -2.37. The molecule has 0 amide bonds. The van der Waals surface area contributed by atoms with Crippen molar-refractivity contribution in [3.8, 4) is 0 Å². The molecule has 206 valence electrons. The first kappa shape index (κ1) is 32.2. The molecule has 0 unspecified atom stereocenters. The Kier molecular flexibility index (Phi) is 22.9. The molecule has 2 nitrogen and oxygen atoms in total. The lowest BCUT2D eigenvalue weighted by atomic mass is 10.0. The Balaban J connectivity index is 2.12. The number of aromatic nitrogens is 2. The number of imidazole rings is 1. The maximum absolute atomic E-state index is 2.59. The Morgan fingerprint density at radius 3 is 1.34 bits per heavy atom. The number of hydrogen-bond acceptors (Lipinski definition) is 0. The van der Waals surface area contributed by atoms with Gasteiger partial charge in [0.05, 0.1) is 13.1 Å². The normalized spacial score (nSPS) is 11.5. The summed E-state index contributed by atoms with van der Waals surface area (Å²) in [6, 6.07) is 0. The molecule has 1 rings (SSSR count). The molecule has 0 radical (unpaired) electrons. The predicted octanol–water partition coefficient (Wildman–Crippen LogP) is 10.7. The lowest BCUT2D eigenvalue weighted by molar-refractivity contribution is -0.704. The molecule has 0 fully saturated rings. The maximum atomic E-state index is 2.59. The van der Waals surface area contributed by atoms with Crippen LogP contribution in [0.3, 0.4) is 0 Å². The lowest BCUT2D eigenvalue weighted by Gasteiger charge is -2.06. The molecule has 0 aliphatic heterocycles. The van der Waals surface area contributed by atoms with Crippen molar-refractivity contribution in [2.75, 3.05) is 0 Å². The fraction of sp³-hybridized carbons (Fsp3) is 0.909. The Morgan fingerprint density at radius 1 is 0.486 bits per heavy atom. The van der Waals surface area contributed by atoms with Gasteiger partial charge in [-0.1, -0.05) is 149 Å². The van der Waals surface area contributed by atoms with Gasteiger partial charge in [-0.25, -0.2) is 9.13 Å². The minimum Gasteiger partial charge on any atom is -0.234 e. The Bertz CT molecular complexity index is 547. The molecule has 1 aromatic rings. The molecule has 2 heteroatoms. The number of unbranched alkanes of at least 4 members (excludes halogenated alkanes) is 21. The number of rotatable bonds is 27. The Morgan fingerprint density at radius 2 is 0.886 bits per heavy atom. The van der Waals surface area contributed by atoms with Crippen LogP contribution in [-0.2, 0) is 19.5 Å². The fourth-order valence-corrected chi connectivity index (χ4v) is 5.41. The molecule has 0 aliphatic carbocycles. The predicted molar refractivity (Wildman–Crippen MR) is 156 cm³/mol. The van der Waals surface area contributed by atoms with Crippen LogP contribution in [0.15, 0.2) is 12.4 Å². The molecule has 0 N–H and O–H groups in total. The molecule has 1 heterocycles. The van der Waals surface area contributed by atoms with Gasteiger partial charge in [0.1, 0.15) is 12.4 Å². The molecule has 0 saturated carbocycles. The van der Waals surface area contributed by atoms with E-state index in [0.29, 0.717) is 0 Å². The molecule has 0 bridgehead atoms. The second-order valence-electron chi connectivity index (χ2n) is 11.3. The summed E-state index contributed by atoms with van der Waals surface area (Å²) >= 11 is 0. The largest absolute Gasteiger partial charge is 0.256 e. The summed E-state index contributed by atoms with van der Waals surface area (Å²) in [6.07, 6.45) is 40.1. The smallest absolute Gasteiger partial charge is 0.234 e. The van der Waals surface area contributed by atoms with E-state index in [1.165, 1.54) is 174 Å². The van der Waals surface area contributed by atoms with Gasteiger partial charge in [0.15, 0.2) is 0 Å². The summed E-state index contributed by atoms with van der Waals surface area (Å²) in [6.45, 7) is 9.35. The van der Waals surface area contributed by atoms with E-state index in [-0.39, 0.29) is 0 Å². The SMILES string of the molecule is CCCCCCCCCCCCCCCCCc1n(CCCC)cc[n+]1CCCCCCCCC. The van der Waals surface area contributed by atoms with E-state index in [0.717, 1.165) is 0 Å². The van der Waals surface area contributed by atoms with E-state index in [2.05, 4.69) is 42.3 Å². The minimum atomic E-state index is 1.20. The van der Waals surface area contributed by atoms with Crippen molar-refractivity contribution in [2.45, 2.75) is 194 Å². The van der Waals surface area contributed by atoms with Gasteiger partial charge in [0.25, 0.3) is 5.82 Å². The summed E-state index contributed by atoms with van der Waals surface area (Å²) in [5, 5.41) is 0. The van der Waals surface area contributed by atoms with Crippen molar-refractivity contribution in [3.05, 3.63) is 18.2 Å². The standard InChI is InChI=1S/C33H65N2/c1-4-7-10-12-14-15-16-17-18-19-20-21-22-24-26-28-33-34(29-9-6-3)31-32-35(33)30-27-25-23-13-11-8-5-2/h31-32H,4-30H2,1-3H3/q+1. The van der Waals surface area contributed by atoms with Crippen molar-refractivity contribution in [1.29, 1.82) is 0 Å². The minimum absolute atomic E-state index is 1.20. The van der Waals surface area contributed by atoms with E-state index in [1.807, 2.05) is 0 Å². The zero-order valence-corrected chi connectivity index (χ0v) is 24.6. The van der Waals surface area contributed by atoms with Crippen molar-refractivity contribution in [3.63, 3.8) is 0 Å². The topological polar surface area (TPSA) is 8.81 Å². The van der Waals surface area contributed by atoms with E-state index in [9.17, 15) is 0 Å². The van der Waals surface area contributed by atoms with Crippen LogP contribution in [0.4, 0.5) is 0 Å². The Hall–Kier alpha value is -0.790. The molecule has 35 heavy (non-hydrogen) atoms. The van der Waals surface area contributed by atoms with Crippen LogP contribution < -0.4 is 4.57 Å². The van der Waals surface area contributed by atoms with Crippen molar-refractivity contribution in [2.24, 2.45) is 0 Å². The summed E-state index contributed by atoms with van der Waals surface area (Å²) in [7, 11) is 0. The molecule has 0 spiro atoms. The van der Waals surface area contributed by atoms with Crippen LogP contribution in [0.5, 0.6) is 0 Å². The number of hydrogen-bond donors (Lipinski definition) is 0. The van der Waals surface area contributed by atoms with Gasteiger partial charge in [-0.3, -0.25) is 0 Å². The van der Waals surface area contributed by atoms with Crippen molar-refractivity contribution < 1.29 is 4.57 Å². The van der Waals surface area contributed by atoms with Crippen LogP contribution in [0.2, 0.25) is 0 Å². The van der Waals surface area contributed by atoms with Crippen LogP contribution in [0.1, 0.15) is 181 Å². The highest BCUT2D eigenvalue weighted by Gasteiger charge is 2.16. The van der Waals surface area contributed by atoms with Crippen molar-refractivity contribution >= 4 is 0 Å². The van der Waals surface area contributed by atoms with Gasteiger partial charge in [-0.05, 0) is 25.7 Å². The van der Waals surface area contributed by atoms with Gasteiger partial charge < -0.3 is 0 Å². The first-order chi connectivity index (χ1) is 17.3. The quantitative estimate of drug-likeness (QED) is 0.0858. The van der Waals surface area contributed by atoms with Crippen molar-refractivity contribution in [1.82, 2.24) is 4.57 Å². The molecule has 0 aromatic carbocycles. The first-order valence-corrected chi connectivity index (χ1v) is 16.4. The van der Waals surface area contributed by atoms with Gasteiger partial charge in [-0.2, -0.15) is 0 Å². The third-order valence-electron chi connectivity index (χ3n) is 7.85. The molecule has 0 saturated heterocycles. The van der Waals surface area contributed by atoms with E-state index in [1.54, 1.807) is 5.82 Å². The third-order valence-corrected chi connectivity index (χ3v) is 7.85. The van der Waals surface area contributed by atoms with Gasteiger partial charge >= 0.3 is 0 Å². The summed E-state index contributed by atoms with van der Waals surface area (Å²) in [5.74, 6) is 1.60. The second-order valence-corrected chi connectivity index (χ2v) is 11.3. The maximum Gasteiger partial charge on any atom is 0.256 e.